The van der Waals surface area contributed by atoms with Gasteiger partial charge in [0.2, 0.25) is 5.91 Å². The van der Waals surface area contributed by atoms with Crippen LogP contribution in [0.4, 0.5) is 0 Å². The van der Waals surface area contributed by atoms with Crippen LogP contribution in [-0.4, -0.2) is 27.4 Å². The third-order valence-corrected chi connectivity index (χ3v) is 4.19. The predicted molar refractivity (Wildman–Crippen MR) is 66.9 cm³/mol. The fourth-order valence-electron chi connectivity index (χ4n) is 3.07. The van der Waals surface area contributed by atoms with Crippen molar-refractivity contribution in [3.63, 3.8) is 0 Å². The molecule has 0 aliphatic heterocycles. The van der Waals surface area contributed by atoms with Crippen molar-refractivity contribution in [1.29, 1.82) is 0 Å². The minimum atomic E-state index is 0.0875. The fraction of sp³-hybridized carbons (Fsp3) is 0.769. The van der Waals surface area contributed by atoms with E-state index in [1.807, 2.05) is 0 Å². The van der Waals surface area contributed by atoms with E-state index in [9.17, 15) is 4.79 Å². The van der Waals surface area contributed by atoms with E-state index < -0.39 is 0 Å². The van der Waals surface area contributed by atoms with Gasteiger partial charge in [-0.15, -0.1) is 0 Å². The van der Waals surface area contributed by atoms with E-state index in [1.165, 1.54) is 19.3 Å². The lowest BCUT2D eigenvalue weighted by atomic mass is 9.88. The van der Waals surface area contributed by atoms with E-state index in [1.54, 1.807) is 0 Å². The summed E-state index contributed by atoms with van der Waals surface area (Å²) in [4.78, 5) is 12.2. The second-order valence-electron chi connectivity index (χ2n) is 5.50. The summed E-state index contributed by atoms with van der Waals surface area (Å²) in [6.07, 6.45) is 8.63. The normalized spacial score (nSPS) is 24.6. The van der Waals surface area contributed by atoms with E-state index in [4.69, 9.17) is 0 Å². The molecule has 0 radical (unpaired) electrons. The summed E-state index contributed by atoms with van der Waals surface area (Å²) in [7, 11) is 0. The number of carbonyl (C=O) groups is 1. The van der Waals surface area contributed by atoms with Gasteiger partial charge in [-0.1, -0.05) is 19.3 Å². The van der Waals surface area contributed by atoms with Crippen molar-refractivity contribution in [2.75, 3.05) is 0 Å². The average molecular weight is 248 g/mol. The number of aryl methyl sites for hydroxylation is 1. The number of nitrogens with one attached hydrogen (secondary N) is 2. The van der Waals surface area contributed by atoms with E-state index in [0.717, 1.165) is 43.5 Å². The molecular weight excluding hydrogens is 228 g/mol. The SMILES string of the molecule is O=C(NC1CCCCC1)C1CCc2n[nH]nc2C1. The molecule has 1 heterocycles. The largest absolute Gasteiger partial charge is 0.353 e. The first-order valence-corrected chi connectivity index (χ1v) is 7.02. The molecule has 1 fully saturated rings. The van der Waals surface area contributed by atoms with Crippen molar-refractivity contribution in [3.8, 4) is 0 Å². The molecule has 0 spiro atoms. The highest BCUT2D eigenvalue weighted by Crippen LogP contribution is 2.23. The number of hydrogen-bond donors (Lipinski definition) is 2. The van der Waals surface area contributed by atoms with Crippen molar-refractivity contribution < 1.29 is 4.79 Å². The number of aromatic amines is 1. The van der Waals surface area contributed by atoms with Crippen LogP contribution in [0, 0.1) is 5.92 Å². The third kappa shape index (κ3) is 2.40. The van der Waals surface area contributed by atoms with Crippen LogP contribution in [0.2, 0.25) is 0 Å². The maximum absolute atomic E-state index is 12.2. The van der Waals surface area contributed by atoms with Crippen LogP contribution in [0.15, 0.2) is 0 Å². The number of carbonyl (C=O) groups excluding carboxylic acids is 1. The summed E-state index contributed by atoms with van der Waals surface area (Å²) < 4.78 is 0. The fourth-order valence-corrected chi connectivity index (χ4v) is 3.07. The summed E-state index contributed by atoms with van der Waals surface area (Å²) in [6, 6.07) is 0.407. The van der Waals surface area contributed by atoms with Crippen LogP contribution in [-0.2, 0) is 17.6 Å². The molecule has 1 unspecified atom stereocenters. The van der Waals surface area contributed by atoms with Gasteiger partial charge in [0.25, 0.3) is 0 Å². The summed E-state index contributed by atoms with van der Waals surface area (Å²) in [6.45, 7) is 0. The van der Waals surface area contributed by atoms with E-state index in [2.05, 4.69) is 20.7 Å². The zero-order valence-electron chi connectivity index (χ0n) is 10.6. The molecule has 2 aliphatic carbocycles. The van der Waals surface area contributed by atoms with Crippen LogP contribution in [0.1, 0.15) is 49.9 Å². The van der Waals surface area contributed by atoms with Gasteiger partial charge in [0.15, 0.2) is 0 Å². The molecule has 0 saturated heterocycles. The Morgan fingerprint density at radius 3 is 2.72 bits per heavy atom. The highest BCUT2D eigenvalue weighted by atomic mass is 16.1. The molecule has 0 bridgehead atoms. The molecule has 0 aromatic carbocycles. The van der Waals surface area contributed by atoms with Crippen molar-refractivity contribution in [2.45, 2.75) is 57.4 Å². The Balaban J connectivity index is 1.57. The number of amides is 1. The van der Waals surface area contributed by atoms with Gasteiger partial charge in [-0.05, 0) is 25.7 Å². The maximum atomic E-state index is 12.2. The Kier molecular flexibility index (Phi) is 3.30. The second-order valence-corrected chi connectivity index (χ2v) is 5.50. The van der Waals surface area contributed by atoms with Crippen LogP contribution in [0.25, 0.3) is 0 Å². The van der Waals surface area contributed by atoms with Gasteiger partial charge in [-0.2, -0.15) is 15.4 Å². The number of aromatic nitrogens is 3. The van der Waals surface area contributed by atoms with Crippen LogP contribution >= 0.6 is 0 Å². The maximum Gasteiger partial charge on any atom is 0.223 e. The van der Waals surface area contributed by atoms with Gasteiger partial charge in [0.1, 0.15) is 0 Å². The average Bonchev–Trinajstić information content (AvgIpc) is 2.87. The molecule has 2 N–H and O–H groups in total. The lowest BCUT2D eigenvalue weighted by molar-refractivity contribution is -0.126. The molecule has 18 heavy (non-hydrogen) atoms. The molecule has 5 heteroatoms. The summed E-state index contributed by atoms with van der Waals surface area (Å²) in [5.41, 5.74) is 2.02. The summed E-state index contributed by atoms with van der Waals surface area (Å²) in [5.74, 6) is 0.306. The molecule has 5 nitrogen and oxygen atoms in total. The number of fused-ring (bicyclic) bond motifs is 1. The molecule has 1 amide bonds. The van der Waals surface area contributed by atoms with Crippen LogP contribution < -0.4 is 5.32 Å². The topological polar surface area (TPSA) is 70.7 Å². The Bertz CT molecular complexity index is 422. The van der Waals surface area contributed by atoms with Crippen LogP contribution in [0.5, 0.6) is 0 Å². The minimum Gasteiger partial charge on any atom is -0.353 e. The molecule has 1 atom stereocenters. The number of hydrogen-bond acceptors (Lipinski definition) is 3. The molecule has 2 aliphatic rings. The summed E-state index contributed by atoms with van der Waals surface area (Å²) in [5, 5.41) is 14.1. The molecule has 1 aromatic heterocycles. The van der Waals surface area contributed by atoms with Gasteiger partial charge in [-0.25, -0.2) is 0 Å². The smallest absolute Gasteiger partial charge is 0.223 e. The first-order valence-electron chi connectivity index (χ1n) is 7.02. The Morgan fingerprint density at radius 1 is 1.11 bits per heavy atom. The number of nitrogens with zero attached hydrogens (tertiary/aromatic N) is 2. The molecule has 98 valence electrons. The molecular formula is C13H20N4O. The Labute approximate surface area is 107 Å². The van der Waals surface area contributed by atoms with Gasteiger partial charge < -0.3 is 5.32 Å². The van der Waals surface area contributed by atoms with Crippen molar-refractivity contribution >= 4 is 5.91 Å². The van der Waals surface area contributed by atoms with E-state index in [0.29, 0.717) is 6.04 Å². The van der Waals surface area contributed by atoms with Crippen molar-refractivity contribution in [2.24, 2.45) is 5.92 Å². The zero-order valence-corrected chi connectivity index (χ0v) is 10.6. The second kappa shape index (κ2) is 5.08. The minimum absolute atomic E-state index is 0.0875. The lowest BCUT2D eigenvalue weighted by Crippen LogP contribution is -2.41. The van der Waals surface area contributed by atoms with E-state index in [-0.39, 0.29) is 11.8 Å². The van der Waals surface area contributed by atoms with Crippen LogP contribution in [0.3, 0.4) is 0 Å². The zero-order chi connectivity index (χ0) is 12.4. The first-order chi connectivity index (χ1) is 8.83. The standard InChI is InChI=1S/C13H20N4O/c18-13(14-10-4-2-1-3-5-10)9-6-7-11-12(8-9)16-17-15-11/h9-10H,1-8H2,(H,14,18)(H,15,16,17). The summed E-state index contributed by atoms with van der Waals surface area (Å²) >= 11 is 0. The predicted octanol–water partition coefficient (Wildman–Crippen LogP) is 1.36. The quantitative estimate of drug-likeness (QED) is 0.830. The highest BCUT2D eigenvalue weighted by molar-refractivity contribution is 5.79. The number of H-pyrrole nitrogens is 1. The monoisotopic (exact) mass is 248 g/mol. The van der Waals surface area contributed by atoms with Gasteiger partial charge in [0.05, 0.1) is 11.4 Å². The third-order valence-electron chi connectivity index (χ3n) is 4.19. The van der Waals surface area contributed by atoms with Gasteiger partial charge >= 0.3 is 0 Å². The Morgan fingerprint density at radius 2 is 1.89 bits per heavy atom. The lowest BCUT2D eigenvalue weighted by Gasteiger charge is -2.26. The van der Waals surface area contributed by atoms with Gasteiger partial charge in [-0.3, -0.25) is 4.79 Å². The van der Waals surface area contributed by atoms with Gasteiger partial charge in [0, 0.05) is 18.4 Å². The molecule has 1 saturated carbocycles. The van der Waals surface area contributed by atoms with Crippen molar-refractivity contribution in [1.82, 2.24) is 20.7 Å². The molecule has 1 aromatic rings. The Hall–Kier alpha value is -1.39. The molecule has 3 rings (SSSR count). The highest BCUT2D eigenvalue weighted by Gasteiger charge is 2.28. The van der Waals surface area contributed by atoms with Crippen molar-refractivity contribution in [3.05, 3.63) is 11.4 Å². The first kappa shape index (κ1) is 11.7. The number of rotatable bonds is 2. The van der Waals surface area contributed by atoms with E-state index >= 15 is 0 Å².